The Morgan fingerprint density at radius 3 is 3.12 bits per heavy atom. The highest BCUT2D eigenvalue weighted by Gasteiger charge is 2.21. The molecule has 2 atom stereocenters. The fourth-order valence-electron chi connectivity index (χ4n) is 2.14. The van der Waals surface area contributed by atoms with E-state index in [1.165, 1.54) is 0 Å². The number of nitrogens with two attached hydrogens (primary N) is 2. The fourth-order valence-corrected chi connectivity index (χ4v) is 2.14. The maximum absolute atomic E-state index is 6.14. The number of rotatable bonds is 3. The molecule has 4 N–H and O–H groups in total. The van der Waals surface area contributed by atoms with Gasteiger partial charge in [-0.3, -0.25) is 0 Å². The number of hydrogen-bond acceptors (Lipinski definition) is 4. The highest BCUT2D eigenvalue weighted by molar-refractivity contribution is 5.42. The van der Waals surface area contributed by atoms with E-state index in [-0.39, 0.29) is 12.1 Å². The van der Waals surface area contributed by atoms with E-state index in [2.05, 4.69) is 4.98 Å². The number of pyridine rings is 1. The smallest absolute Gasteiger partial charge is 0.128 e. The standard InChI is InChI=1S/C12H19N3O/c1-8-5-10(12(14)15-7-8)11(13)6-9-3-2-4-16-9/h5,7,9,11H,2-4,6,13H2,1H3,(H2,14,15). The van der Waals surface area contributed by atoms with Crippen LogP contribution in [-0.4, -0.2) is 17.7 Å². The minimum Gasteiger partial charge on any atom is -0.383 e. The van der Waals surface area contributed by atoms with Crippen molar-refractivity contribution in [3.8, 4) is 0 Å². The van der Waals surface area contributed by atoms with E-state index in [1.54, 1.807) is 6.20 Å². The summed E-state index contributed by atoms with van der Waals surface area (Å²) >= 11 is 0. The molecular formula is C12H19N3O. The molecule has 2 rings (SSSR count). The van der Waals surface area contributed by atoms with Gasteiger partial charge in [-0.05, 0) is 37.8 Å². The molecule has 1 fully saturated rings. The Labute approximate surface area is 96.0 Å². The van der Waals surface area contributed by atoms with E-state index < -0.39 is 0 Å². The minimum atomic E-state index is -0.0736. The van der Waals surface area contributed by atoms with Gasteiger partial charge in [0, 0.05) is 24.4 Å². The Morgan fingerprint density at radius 1 is 1.62 bits per heavy atom. The number of hydrogen-bond donors (Lipinski definition) is 2. The van der Waals surface area contributed by atoms with Gasteiger partial charge in [-0.1, -0.05) is 0 Å². The van der Waals surface area contributed by atoms with Gasteiger partial charge in [-0.25, -0.2) is 4.98 Å². The number of aryl methyl sites for hydroxylation is 1. The van der Waals surface area contributed by atoms with Gasteiger partial charge in [-0.15, -0.1) is 0 Å². The zero-order valence-corrected chi connectivity index (χ0v) is 9.65. The molecule has 2 heterocycles. The van der Waals surface area contributed by atoms with Gasteiger partial charge in [0.2, 0.25) is 0 Å². The second-order valence-electron chi connectivity index (χ2n) is 4.46. The summed E-state index contributed by atoms with van der Waals surface area (Å²) in [5.41, 5.74) is 14.0. The summed E-state index contributed by atoms with van der Waals surface area (Å²) < 4.78 is 5.57. The molecular weight excluding hydrogens is 202 g/mol. The van der Waals surface area contributed by atoms with Crippen molar-refractivity contribution in [2.45, 2.75) is 38.3 Å². The molecule has 1 saturated heterocycles. The second-order valence-corrected chi connectivity index (χ2v) is 4.46. The van der Waals surface area contributed by atoms with Crippen molar-refractivity contribution in [3.05, 3.63) is 23.4 Å². The van der Waals surface area contributed by atoms with Gasteiger partial charge < -0.3 is 16.2 Å². The van der Waals surface area contributed by atoms with Crippen molar-refractivity contribution >= 4 is 5.82 Å². The summed E-state index contributed by atoms with van der Waals surface area (Å²) in [6.07, 6.45) is 5.12. The highest BCUT2D eigenvalue weighted by Crippen LogP contribution is 2.26. The number of ether oxygens (including phenoxy) is 1. The van der Waals surface area contributed by atoms with Crippen molar-refractivity contribution in [2.75, 3.05) is 12.3 Å². The molecule has 16 heavy (non-hydrogen) atoms. The maximum atomic E-state index is 6.14. The molecule has 88 valence electrons. The van der Waals surface area contributed by atoms with Crippen LogP contribution < -0.4 is 11.5 Å². The molecule has 0 aromatic carbocycles. The average Bonchev–Trinajstić information content (AvgIpc) is 2.74. The SMILES string of the molecule is Cc1cnc(N)c(C(N)CC2CCCO2)c1. The quantitative estimate of drug-likeness (QED) is 0.812. The normalized spacial score (nSPS) is 22.2. The Kier molecular flexibility index (Phi) is 3.41. The third kappa shape index (κ3) is 2.51. The predicted molar refractivity (Wildman–Crippen MR) is 63.9 cm³/mol. The highest BCUT2D eigenvalue weighted by atomic mass is 16.5. The first-order valence-electron chi connectivity index (χ1n) is 5.76. The number of anilines is 1. The largest absolute Gasteiger partial charge is 0.383 e. The van der Waals surface area contributed by atoms with E-state index in [0.717, 1.165) is 37.0 Å². The molecule has 0 bridgehead atoms. The summed E-state index contributed by atoms with van der Waals surface area (Å²) in [4.78, 5) is 4.13. The lowest BCUT2D eigenvalue weighted by atomic mass is 10.00. The average molecular weight is 221 g/mol. The van der Waals surface area contributed by atoms with Crippen molar-refractivity contribution in [1.82, 2.24) is 4.98 Å². The fraction of sp³-hybridized carbons (Fsp3) is 0.583. The van der Waals surface area contributed by atoms with Gasteiger partial charge >= 0.3 is 0 Å². The summed E-state index contributed by atoms with van der Waals surface area (Å²) in [7, 11) is 0. The zero-order valence-electron chi connectivity index (χ0n) is 9.65. The molecule has 2 unspecified atom stereocenters. The van der Waals surface area contributed by atoms with Crippen LogP contribution in [0.2, 0.25) is 0 Å². The van der Waals surface area contributed by atoms with Crippen LogP contribution in [0.3, 0.4) is 0 Å². The van der Waals surface area contributed by atoms with E-state index in [4.69, 9.17) is 16.2 Å². The van der Waals surface area contributed by atoms with Crippen LogP contribution in [0.25, 0.3) is 0 Å². The molecule has 1 aromatic heterocycles. The van der Waals surface area contributed by atoms with Crippen LogP contribution in [0.4, 0.5) is 5.82 Å². The van der Waals surface area contributed by atoms with Gasteiger partial charge in [0.25, 0.3) is 0 Å². The van der Waals surface area contributed by atoms with Gasteiger partial charge in [-0.2, -0.15) is 0 Å². The van der Waals surface area contributed by atoms with Crippen molar-refractivity contribution in [1.29, 1.82) is 0 Å². The van der Waals surface area contributed by atoms with Gasteiger partial charge in [0.05, 0.1) is 6.10 Å². The maximum Gasteiger partial charge on any atom is 0.128 e. The van der Waals surface area contributed by atoms with Crippen LogP contribution in [0.1, 0.15) is 36.4 Å². The summed E-state index contributed by atoms with van der Waals surface area (Å²) in [6.45, 7) is 2.85. The molecule has 1 aliphatic rings. The first-order valence-corrected chi connectivity index (χ1v) is 5.76. The van der Waals surface area contributed by atoms with E-state index in [9.17, 15) is 0 Å². The van der Waals surface area contributed by atoms with Crippen molar-refractivity contribution in [3.63, 3.8) is 0 Å². The molecule has 0 saturated carbocycles. The lowest BCUT2D eigenvalue weighted by Crippen LogP contribution is -2.20. The third-order valence-electron chi connectivity index (χ3n) is 3.03. The third-order valence-corrected chi connectivity index (χ3v) is 3.03. The zero-order chi connectivity index (χ0) is 11.5. The Morgan fingerprint density at radius 2 is 2.44 bits per heavy atom. The van der Waals surface area contributed by atoms with Crippen LogP contribution in [0, 0.1) is 6.92 Å². The Bertz CT molecular complexity index is 361. The van der Waals surface area contributed by atoms with Crippen LogP contribution >= 0.6 is 0 Å². The number of nitrogens with zero attached hydrogens (tertiary/aromatic N) is 1. The van der Waals surface area contributed by atoms with Gasteiger partial charge in [0.15, 0.2) is 0 Å². The predicted octanol–water partition coefficient (Wildman–Crippen LogP) is 1.54. The van der Waals surface area contributed by atoms with Crippen molar-refractivity contribution < 1.29 is 4.74 Å². The Hall–Kier alpha value is -1.13. The lowest BCUT2D eigenvalue weighted by molar-refractivity contribution is 0.0984. The van der Waals surface area contributed by atoms with E-state index >= 15 is 0 Å². The number of nitrogen functional groups attached to an aromatic ring is 1. The Balaban J connectivity index is 2.07. The second kappa shape index (κ2) is 4.80. The molecule has 4 nitrogen and oxygen atoms in total. The molecule has 1 aromatic rings. The first-order chi connectivity index (χ1) is 7.66. The van der Waals surface area contributed by atoms with E-state index in [1.807, 2.05) is 13.0 Å². The first kappa shape index (κ1) is 11.4. The monoisotopic (exact) mass is 221 g/mol. The molecule has 4 heteroatoms. The summed E-state index contributed by atoms with van der Waals surface area (Å²) in [6, 6.07) is 1.94. The van der Waals surface area contributed by atoms with Crippen LogP contribution in [0.5, 0.6) is 0 Å². The van der Waals surface area contributed by atoms with Crippen LogP contribution in [-0.2, 0) is 4.74 Å². The summed E-state index contributed by atoms with van der Waals surface area (Å²) in [5, 5.41) is 0. The van der Waals surface area contributed by atoms with Crippen molar-refractivity contribution in [2.24, 2.45) is 5.73 Å². The van der Waals surface area contributed by atoms with E-state index in [0.29, 0.717) is 5.82 Å². The molecule has 0 radical (unpaired) electrons. The molecule has 1 aliphatic heterocycles. The number of aromatic nitrogens is 1. The molecule has 0 amide bonds. The molecule has 0 spiro atoms. The molecule has 0 aliphatic carbocycles. The lowest BCUT2D eigenvalue weighted by Gasteiger charge is -2.18. The topological polar surface area (TPSA) is 74.2 Å². The summed E-state index contributed by atoms with van der Waals surface area (Å²) in [5.74, 6) is 0.538. The van der Waals surface area contributed by atoms with Gasteiger partial charge in [0.1, 0.15) is 5.82 Å². The van der Waals surface area contributed by atoms with Crippen LogP contribution in [0.15, 0.2) is 12.3 Å². The minimum absolute atomic E-state index is 0.0736.